The quantitative estimate of drug-likeness (QED) is 0.645. The Balaban J connectivity index is 1.88. The number of benzene rings is 1. The zero-order valence-electron chi connectivity index (χ0n) is 15.1. The van der Waals surface area contributed by atoms with Crippen LogP contribution in [0.2, 0.25) is 0 Å². The summed E-state index contributed by atoms with van der Waals surface area (Å²) < 4.78 is 1.60. The van der Waals surface area contributed by atoms with E-state index in [2.05, 4.69) is 17.2 Å². The highest BCUT2D eigenvalue weighted by Gasteiger charge is 2.19. The maximum absolute atomic E-state index is 12.9. The van der Waals surface area contributed by atoms with Gasteiger partial charge in [-0.2, -0.15) is 0 Å². The number of carbonyl (C=O) groups is 1. The van der Waals surface area contributed by atoms with Crippen molar-refractivity contribution in [1.82, 2.24) is 14.9 Å². The molecule has 0 aliphatic carbocycles. The zero-order chi connectivity index (χ0) is 18.5. The third-order valence-electron chi connectivity index (χ3n) is 4.39. The van der Waals surface area contributed by atoms with Gasteiger partial charge in [0.2, 0.25) is 0 Å². The Labute approximate surface area is 156 Å². The summed E-state index contributed by atoms with van der Waals surface area (Å²) in [6, 6.07) is 9.80. The van der Waals surface area contributed by atoms with Crippen molar-refractivity contribution in [2.24, 2.45) is 0 Å². The molecule has 26 heavy (non-hydrogen) atoms. The van der Waals surface area contributed by atoms with Crippen LogP contribution in [0.3, 0.4) is 0 Å². The standard InChI is InChI=1S/C20H23N3O2S/c1-3-4-8-11-21-18(24)17-14(2)16-19(26-17)22-13-23(20(16)25)12-15-9-6-5-7-10-15/h5-7,9-10,13H,3-4,8,11-12H2,1-2H3,(H,21,24). The molecule has 1 amide bonds. The molecule has 2 aromatic heterocycles. The molecule has 0 aliphatic rings. The van der Waals surface area contributed by atoms with Crippen molar-refractivity contribution in [3.8, 4) is 0 Å². The maximum atomic E-state index is 12.9. The number of fused-ring (bicyclic) bond motifs is 1. The minimum Gasteiger partial charge on any atom is -0.351 e. The topological polar surface area (TPSA) is 64.0 Å². The Hall–Kier alpha value is -2.47. The lowest BCUT2D eigenvalue weighted by atomic mass is 10.2. The van der Waals surface area contributed by atoms with Crippen molar-refractivity contribution in [3.63, 3.8) is 0 Å². The minimum atomic E-state index is -0.115. The molecule has 0 saturated carbocycles. The van der Waals surface area contributed by atoms with Crippen LogP contribution >= 0.6 is 11.3 Å². The number of carbonyl (C=O) groups excluding carboxylic acids is 1. The van der Waals surface area contributed by atoms with Gasteiger partial charge in [0.25, 0.3) is 11.5 Å². The number of nitrogens with one attached hydrogen (secondary N) is 1. The molecular weight excluding hydrogens is 346 g/mol. The first-order valence-electron chi connectivity index (χ1n) is 8.92. The molecule has 0 unspecified atom stereocenters. The van der Waals surface area contributed by atoms with Crippen LogP contribution in [0, 0.1) is 6.92 Å². The number of amides is 1. The van der Waals surface area contributed by atoms with Crippen LogP contribution in [0.4, 0.5) is 0 Å². The van der Waals surface area contributed by atoms with Crippen molar-refractivity contribution < 1.29 is 4.79 Å². The summed E-state index contributed by atoms with van der Waals surface area (Å²) in [7, 11) is 0. The number of thiophene rings is 1. The monoisotopic (exact) mass is 369 g/mol. The van der Waals surface area contributed by atoms with Gasteiger partial charge in [-0.3, -0.25) is 14.2 Å². The fourth-order valence-corrected chi connectivity index (χ4v) is 3.98. The summed E-state index contributed by atoms with van der Waals surface area (Å²) in [4.78, 5) is 31.0. The molecule has 2 heterocycles. The van der Waals surface area contributed by atoms with Gasteiger partial charge in [-0.25, -0.2) is 4.98 Å². The molecule has 0 fully saturated rings. The number of rotatable bonds is 7. The number of unbranched alkanes of at least 4 members (excludes halogenated alkanes) is 2. The van der Waals surface area contributed by atoms with Gasteiger partial charge in [0, 0.05) is 6.54 Å². The average Bonchev–Trinajstić information content (AvgIpc) is 2.99. The molecule has 0 radical (unpaired) electrons. The molecule has 1 aromatic carbocycles. The van der Waals surface area contributed by atoms with Gasteiger partial charge in [0.1, 0.15) is 4.83 Å². The van der Waals surface area contributed by atoms with Crippen molar-refractivity contribution in [2.75, 3.05) is 6.54 Å². The molecule has 3 aromatic rings. The highest BCUT2D eigenvalue weighted by molar-refractivity contribution is 7.20. The third-order valence-corrected chi connectivity index (χ3v) is 5.58. The smallest absolute Gasteiger partial charge is 0.262 e. The van der Waals surface area contributed by atoms with E-state index in [1.165, 1.54) is 11.3 Å². The number of nitrogens with zero attached hydrogens (tertiary/aromatic N) is 2. The summed E-state index contributed by atoms with van der Waals surface area (Å²) in [6.07, 6.45) is 4.74. The molecule has 0 saturated heterocycles. The molecule has 0 aliphatic heterocycles. The van der Waals surface area contributed by atoms with E-state index in [-0.39, 0.29) is 11.5 Å². The minimum absolute atomic E-state index is 0.0994. The number of hydrogen-bond donors (Lipinski definition) is 1. The Morgan fingerprint density at radius 3 is 2.73 bits per heavy atom. The molecule has 0 atom stereocenters. The number of hydrogen-bond acceptors (Lipinski definition) is 4. The molecular formula is C20H23N3O2S. The van der Waals surface area contributed by atoms with Gasteiger partial charge >= 0.3 is 0 Å². The second kappa shape index (κ2) is 8.27. The first-order valence-corrected chi connectivity index (χ1v) is 9.74. The predicted molar refractivity (Wildman–Crippen MR) is 106 cm³/mol. The van der Waals surface area contributed by atoms with Crippen molar-refractivity contribution >= 4 is 27.5 Å². The maximum Gasteiger partial charge on any atom is 0.262 e. The largest absolute Gasteiger partial charge is 0.351 e. The van der Waals surface area contributed by atoms with E-state index in [9.17, 15) is 9.59 Å². The van der Waals surface area contributed by atoms with Crippen LogP contribution in [-0.4, -0.2) is 22.0 Å². The van der Waals surface area contributed by atoms with Gasteiger partial charge < -0.3 is 5.32 Å². The van der Waals surface area contributed by atoms with Gasteiger partial charge in [-0.05, 0) is 24.5 Å². The van der Waals surface area contributed by atoms with E-state index in [0.29, 0.717) is 28.2 Å². The summed E-state index contributed by atoms with van der Waals surface area (Å²) in [5, 5.41) is 3.49. The Morgan fingerprint density at radius 1 is 1.23 bits per heavy atom. The SMILES string of the molecule is CCCCCNC(=O)c1sc2ncn(Cc3ccccc3)c(=O)c2c1C. The van der Waals surface area contributed by atoms with Crippen LogP contribution < -0.4 is 10.9 Å². The number of aryl methyl sites for hydroxylation is 1. The Kier molecular flexibility index (Phi) is 5.83. The molecule has 3 rings (SSSR count). The first-order chi connectivity index (χ1) is 12.6. The summed E-state index contributed by atoms with van der Waals surface area (Å²) >= 11 is 1.29. The van der Waals surface area contributed by atoms with Gasteiger partial charge in [-0.15, -0.1) is 11.3 Å². The Morgan fingerprint density at radius 2 is 2.00 bits per heavy atom. The molecule has 1 N–H and O–H groups in total. The highest BCUT2D eigenvalue weighted by atomic mass is 32.1. The molecule has 0 bridgehead atoms. The van der Waals surface area contributed by atoms with Gasteiger partial charge in [0.15, 0.2) is 0 Å². The van der Waals surface area contributed by atoms with Crippen molar-refractivity contribution in [1.29, 1.82) is 0 Å². The second-order valence-electron chi connectivity index (χ2n) is 6.36. The average molecular weight is 369 g/mol. The Bertz CT molecular complexity index is 960. The van der Waals surface area contributed by atoms with E-state index in [1.54, 1.807) is 10.9 Å². The van der Waals surface area contributed by atoms with E-state index < -0.39 is 0 Å². The lowest BCUT2D eigenvalue weighted by molar-refractivity contribution is 0.0956. The lowest BCUT2D eigenvalue weighted by Crippen LogP contribution is -2.24. The molecule has 136 valence electrons. The first kappa shape index (κ1) is 18.3. The van der Waals surface area contributed by atoms with E-state index in [0.717, 1.165) is 30.4 Å². The summed E-state index contributed by atoms with van der Waals surface area (Å²) in [6.45, 7) is 5.09. The third kappa shape index (κ3) is 3.85. The highest BCUT2D eigenvalue weighted by Crippen LogP contribution is 2.26. The predicted octanol–water partition coefficient (Wildman–Crippen LogP) is 3.73. The summed E-state index contributed by atoms with van der Waals surface area (Å²) in [5.74, 6) is -0.115. The summed E-state index contributed by atoms with van der Waals surface area (Å²) in [5.41, 5.74) is 1.66. The van der Waals surface area contributed by atoms with Crippen molar-refractivity contribution in [2.45, 2.75) is 39.7 Å². The van der Waals surface area contributed by atoms with Crippen LogP contribution in [0.25, 0.3) is 10.2 Å². The van der Waals surface area contributed by atoms with Crippen LogP contribution in [0.1, 0.15) is 47.0 Å². The van der Waals surface area contributed by atoms with E-state index >= 15 is 0 Å². The van der Waals surface area contributed by atoms with E-state index in [4.69, 9.17) is 0 Å². The van der Waals surface area contributed by atoms with Crippen molar-refractivity contribution in [3.05, 3.63) is 63.0 Å². The molecule has 0 spiro atoms. The number of aromatic nitrogens is 2. The molecule has 6 heteroatoms. The lowest BCUT2D eigenvalue weighted by Gasteiger charge is -2.05. The second-order valence-corrected chi connectivity index (χ2v) is 7.36. The fourth-order valence-electron chi connectivity index (χ4n) is 2.93. The zero-order valence-corrected chi connectivity index (χ0v) is 15.9. The van der Waals surface area contributed by atoms with E-state index in [1.807, 2.05) is 37.3 Å². The van der Waals surface area contributed by atoms with Gasteiger partial charge in [-0.1, -0.05) is 50.1 Å². The van der Waals surface area contributed by atoms with Crippen LogP contribution in [0.15, 0.2) is 41.5 Å². The van der Waals surface area contributed by atoms with Crippen LogP contribution in [-0.2, 0) is 6.54 Å². The fraction of sp³-hybridized carbons (Fsp3) is 0.350. The molecule has 5 nitrogen and oxygen atoms in total. The van der Waals surface area contributed by atoms with Gasteiger partial charge in [0.05, 0.1) is 23.1 Å². The van der Waals surface area contributed by atoms with Crippen LogP contribution in [0.5, 0.6) is 0 Å². The normalized spacial score (nSPS) is 11.0.